The smallest absolute Gasteiger partial charge is 0.318 e. The van der Waals surface area contributed by atoms with Gasteiger partial charge in [-0.25, -0.2) is 4.79 Å². The van der Waals surface area contributed by atoms with Gasteiger partial charge >= 0.3 is 6.03 Å². The molecular formula is C19H25N3O3. The van der Waals surface area contributed by atoms with Crippen LogP contribution in [0.15, 0.2) is 42.7 Å². The van der Waals surface area contributed by atoms with E-state index in [0.717, 1.165) is 22.3 Å². The average molecular weight is 343 g/mol. The highest BCUT2D eigenvalue weighted by atomic mass is 16.3. The Morgan fingerprint density at radius 3 is 2.48 bits per heavy atom. The number of aromatic nitrogens is 1. The predicted molar refractivity (Wildman–Crippen MR) is 96.3 cm³/mol. The van der Waals surface area contributed by atoms with Crippen LogP contribution in [0.4, 0.5) is 4.79 Å². The standard InChI is InChI=1S/C19H25N3O3/c1-14-5-6-17(15(2)12-14)18(16-4-3-7-20-13-16)21-19(25)22(8-10-23)9-11-24/h3-7,12-13,18,23-24H,8-11H2,1-2H3,(H,21,25)/t18-/m1/s1. The number of hydrogen-bond acceptors (Lipinski definition) is 4. The van der Waals surface area contributed by atoms with Gasteiger partial charge in [0.1, 0.15) is 0 Å². The maximum absolute atomic E-state index is 12.6. The third-order valence-electron chi connectivity index (χ3n) is 4.05. The van der Waals surface area contributed by atoms with Gasteiger partial charge in [-0.3, -0.25) is 4.98 Å². The molecule has 0 fully saturated rings. The van der Waals surface area contributed by atoms with E-state index in [2.05, 4.69) is 16.4 Å². The Morgan fingerprint density at radius 2 is 1.92 bits per heavy atom. The summed E-state index contributed by atoms with van der Waals surface area (Å²) in [4.78, 5) is 18.2. The van der Waals surface area contributed by atoms with Crippen molar-refractivity contribution >= 4 is 6.03 Å². The number of carbonyl (C=O) groups is 1. The van der Waals surface area contributed by atoms with E-state index in [1.54, 1.807) is 12.4 Å². The highest BCUT2D eigenvalue weighted by Crippen LogP contribution is 2.25. The zero-order valence-corrected chi connectivity index (χ0v) is 14.6. The lowest BCUT2D eigenvalue weighted by Crippen LogP contribution is -2.44. The Kier molecular flexibility index (Phi) is 6.91. The Morgan fingerprint density at radius 1 is 1.20 bits per heavy atom. The van der Waals surface area contributed by atoms with E-state index >= 15 is 0 Å². The third-order valence-corrected chi connectivity index (χ3v) is 4.05. The molecule has 134 valence electrons. The molecule has 6 nitrogen and oxygen atoms in total. The minimum Gasteiger partial charge on any atom is -0.395 e. The number of amides is 2. The van der Waals surface area contributed by atoms with E-state index < -0.39 is 0 Å². The van der Waals surface area contributed by atoms with E-state index in [1.807, 2.05) is 38.1 Å². The molecular weight excluding hydrogens is 318 g/mol. The Labute approximate surface area is 148 Å². The van der Waals surface area contributed by atoms with E-state index in [4.69, 9.17) is 10.2 Å². The Balaban J connectivity index is 2.34. The molecule has 0 saturated heterocycles. The Hall–Kier alpha value is -2.44. The summed E-state index contributed by atoms with van der Waals surface area (Å²) < 4.78 is 0. The van der Waals surface area contributed by atoms with Crippen molar-refractivity contribution in [2.45, 2.75) is 19.9 Å². The van der Waals surface area contributed by atoms with E-state index in [1.165, 1.54) is 4.90 Å². The number of aliphatic hydroxyl groups is 2. The summed E-state index contributed by atoms with van der Waals surface area (Å²) in [5, 5.41) is 21.3. The summed E-state index contributed by atoms with van der Waals surface area (Å²) in [7, 11) is 0. The van der Waals surface area contributed by atoms with Crippen LogP contribution in [-0.4, -0.2) is 52.4 Å². The molecule has 6 heteroatoms. The molecule has 0 aliphatic carbocycles. The van der Waals surface area contributed by atoms with Crippen molar-refractivity contribution in [3.63, 3.8) is 0 Å². The fourth-order valence-electron chi connectivity index (χ4n) is 2.81. The zero-order chi connectivity index (χ0) is 18.2. The summed E-state index contributed by atoms with van der Waals surface area (Å²) in [6.07, 6.45) is 3.42. The molecule has 25 heavy (non-hydrogen) atoms. The molecule has 1 aromatic carbocycles. The van der Waals surface area contributed by atoms with E-state index in [-0.39, 0.29) is 38.4 Å². The number of hydrogen-bond donors (Lipinski definition) is 3. The van der Waals surface area contributed by atoms with Crippen molar-refractivity contribution < 1.29 is 15.0 Å². The summed E-state index contributed by atoms with van der Waals surface area (Å²) in [5.74, 6) is 0. The highest BCUT2D eigenvalue weighted by molar-refractivity contribution is 5.75. The van der Waals surface area contributed by atoms with Crippen molar-refractivity contribution in [2.75, 3.05) is 26.3 Å². The molecule has 0 spiro atoms. The molecule has 2 amide bonds. The van der Waals surface area contributed by atoms with Gasteiger partial charge in [-0.2, -0.15) is 0 Å². The Bertz CT molecular complexity index is 686. The number of aryl methyl sites for hydroxylation is 2. The SMILES string of the molecule is Cc1ccc([C@H](NC(=O)N(CCO)CCO)c2cccnc2)c(C)c1. The van der Waals surface area contributed by atoms with Crippen LogP contribution in [0.1, 0.15) is 28.3 Å². The second-order valence-electron chi connectivity index (χ2n) is 5.96. The topological polar surface area (TPSA) is 85.7 Å². The zero-order valence-electron chi connectivity index (χ0n) is 14.6. The molecule has 0 aliphatic heterocycles. The third kappa shape index (κ3) is 5.01. The van der Waals surface area contributed by atoms with Crippen molar-refractivity contribution in [1.82, 2.24) is 15.2 Å². The van der Waals surface area contributed by atoms with Crippen molar-refractivity contribution in [3.8, 4) is 0 Å². The van der Waals surface area contributed by atoms with Gasteiger partial charge < -0.3 is 20.4 Å². The molecule has 3 N–H and O–H groups in total. The molecule has 0 radical (unpaired) electrons. The number of pyridine rings is 1. The lowest BCUT2D eigenvalue weighted by Gasteiger charge is -2.27. The van der Waals surface area contributed by atoms with Gasteiger partial charge in [0.15, 0.2) is 0 Å². The van der Waals surface area contributed by atoms with Crippen LogP contribution in [0, 0.1) is 13.8 Å². The second kappa shape index (κ2) is 9.15. The molecule has 2 aromatic rings. The highest BCUT2D eigenvalue weighted by Gasteiger charge is 2.22. The number of nitrogens with one attached hydrogen (secondary N) is 1. The fourth-order valence-corrected chi connectivity index (χ4v) is 2.81. The minimum absolute atomic E-state index is 0.158. The number of rotatable bonds is 7. The average Bonchev–Trinajstić information content (AvgIpc) is 2.60. The number of nitrogens with zero attached hydrogens (tertiary/aromatic N) is 2. The van der Waals surface area contributed by atoms with E-state index in [9.17, 15) is 4.79 Å². The second-order valence-corrected chi connectivity index (χ2v) is 5.96. The van der Waals surface area contributed by atoms with Crippen molar-refractivity contribution in [1.29, 1.82) is 0 Å². The monoisotopic (exact) mass is 343 g/mol. The number of carbonyl (C=O) groups excluding carboxylic acids is 1. The normalized spacial score (nSPS) is 11.8. The quantitative estimate of drug-likeness (QED) is 0.715. The summed E-state index contributed by atoms with van der Waals surface area (Å²) in [6, 6.07) is 9.14. The summed E-state index contributed by atoms with van der Waals surface area (Å²) in [5.41, 5.74) is 4.08. The summed E-state index contributed by atoms with van der Waals surface area (Å²) >= 11 is 0. The molecule has 0 bridgehead atoms. The molecule has 1 aromatic heterocycles. The summed E-state index contributed by atoms with van der Waals surface area (Å²) in [6.45, 7) is 4.05. The number of benzene rings is 1. The first-order valence-electron chi connectivity index (χ1n) is 8.31. The van der Waals surface area contributed by atoms with Gasteiger partial charge in [0.25, 0.3) is 0 Å². The molecule has 0 saturated carbocycles. The van der Waals surface area contributed by atoms with Crippen molar-refractivity contribution in [2.24, 2.45) is 0 Å². The maximum Gasteiger partial charge on any atom is 0.318 e. The van der Waals surface area contributed by atoms with Crippen LogP contribution in [-0.2, 0) is 0 Å². The molecule has 1 atom stereocenters. The van der Waals surface area contributed by atoms with Crippen LogP contribution < -0.4 is 5.32 Å². The van der Waals surface area contributed by atoms with Crippen LogP contribution in [0.5, 0.6) is 0 Å². The molecule has 0 unspecified atom stereocenters. The maximum atomic E-state index is 12.6. The molecule has 0 aliphatic rings. The van der Waals surface area contributed by atoms with Gasteiger partial charge in [-0.05, 0) is 36.6 Å². The van der Waals surface area contributed by atoms with Crippen molar-refractivity contribution in [3.05, 3.63) is 65.0 Å². The van der Waals surface area contributed by atoms with E-state index in [0.29, 0.717) is 0 Å². The van der Waals surface area contributed by atoms with Gasteiger partial charge in [-0.1, -0.05) is 29.8 Å². The van der Waals surface area contributed by atoms with Crippen LogP contribution in [0.3, 0.4) is 0 Å². The van der Waals surface area contributed by atoms with Crippen LogP contribution >= 0.6 is 0 Å². The van der Waals surface area contributed by atoms with Gasteiger partial charge in [-0.15, -0.1) is 0 Å². The number of urea groups is 1. The lowest BCUT2D eigenvalue weighted by atomic mass is 9.95. The van der Waals surface area contributed by atoms with Crippen LogP contribution in [0.25, 0.3) is 0 Å². The first kappa shape index (κ1) is 18.9. The molecule has 2 rings (SSSR count). The minimum atomic E-state index is -0.360. The molecule has 1 heterocycles. The predicted octanol–water partition coefficient (Wildman–Crippen LogP) is 1.78. The number of aliphatic hydroxyl groups excluding tert-OH is 2. The van der Waals surface area contributed by atoms with Gasteiger partial charge in [0.2, 0.25) is 0 Å². The first-order chi connectivity index (χ1) is 12.1. The van der Waals surface area contributed by atoms with Gasteiger partial charge in [0.05, 0.1) is 19.3 Å². The first-order valence-corrected chi connectivity index (χ1v) is 8.31. The largest absolute Gasteiger partial charge is 0.395 e. The lowest BCUT2D eigenvalue weighted by molar-refractivity contribution is 0.156. The van der Waals surface area contributed by atoms with Gasteiger partial charge in [0, 0.05) is 25.5 Å². The van der Waals surface area contributed by atoms with Crippen LogP contribution in [0.2, 0.25) is 0 Å². The fraction of sp³-hybridized carbons (Fsp3) is 0.368.